The monoisotopic (exact) mass is 602 g/mol. The highest BCUT2D eigenvalue weighted by Gasteiger charge is 2.33. The number of aryl methyl sites for hydroxylation is 1. The maximum Gasteiger partial charge on any atom is 0.338 e. The minimum absolute atomic E-state index is 0.224. The number of fused-ring (bicyclic) bond motifs is 1. The third-order valence-electron chi connectivity index (χ3n) is 6.76. The first-order valence-corrected chi connectivity index (χ1v) is 14.9. The third-order valence-corrected chi connectivity index (χ3v) is 7.98. The van der Waals surface area contributed by atoms with E-state index in [9.17, 15) is 9.59 Å². The summed E-state index contributed by atoms with van der Waals surface area (Å²) in [5, 5.41) is 0.645. The number of halogens is 1. The van der Waals surface area contributed by atoms with Gasteiger partial charge in [-0.3, -0.25) is 9.36 Å². The summed E-state index contributed by atoms with van der Waals surface area (Å²) in [5.41, 5.74) is 4.26. The topological polar surface area (TPSA) is 79.1 Å². The van der Waals surface area contributed by atoms with Crippen molar-refractivity contribution in [1.82, 2.24) is 4.57 Å². The maximum absolute atomic E-state index is 13.9. The highest BCUT2D eigenvalue weighted by Crippen LogP contribution is 2.32. The van der Waals surface area contributed by atoms with Crippen LogP contribution in [0.15, 0.2) is 87.8 Å². The van der Waals surface area contributed by atoms with Crippen molar-refractivity contribution in [2.24, 2.45) is 4.99 Å². The highest BCUT2D eigenvalue weighted by molar-refractivity contribution is 7.07. The van der Waals surface area contributed by atoms with E-state index in [1.54, 1.807) is 18.4 Å². The van der Waals surface area contributed by atoms with Crippen molar-refractivity contribution in [2.75, 3.05) is 13.2 Å². The molecule has 0 spiro atoms. The van der Waals surface area contributed by atoms with Gasteiger partial charge in [0.05, 0.1) is 35.1 Å². The molecular weight excluding hydrogens is 572 g/mol. The van der Waals surface area contributed by atoms with Crippen molar-refractivity contribution in [3.8, 4) is 11.5 Å². The van der Waals surface area contributed by atoms with Crippen molar-refractivity contribution >= 4 is 35.0 Å². The number of ether oxygens (including phenoxy) is 3. The molecule has 1 aromatic heterocycles. The van der Waals surface area contributed by atoms with E-state index >= 15 is 0 Å². The van der Waals surface area contributed by atoms with Crippen LogP contribution in [-0.2, 0) is 16.1 Å². The van der Waals surface area contributed by atoms with Crippen LogP contribution in [0.25, 0.3) is 6.08 Å². The predicted octanol–water partition coefficient (Wildman–Crippen LogP) is 5.74. The number of carbonyl (C=O) groups excluding carboxylic acids is 1. The van der Waals surface area contributed by atoms with E-state index in [-0.39, 0.29) is 12.2 Å². The fourth-order valence-corrected chi connectivity index (χ4v) is 6.06. The van der Waals surface area contributed by atoms with Gasteiger partial charge in [-0.2, -0.15) is 0 Å². The maximum atomic E-state index is 13.9. The molecule has 0 radical (unpaired) electrons. The van der Waals surface area contributed by atoms with Crippen LogP contribution in [0.4, 0.5) is 0 Å². The zero-order valence-corrected chi connectivity index (χ0v) is 25.4. The molecule has 0 saturated carbocycles. The summed E-state index contributed by atoms with van der Waals surface area (Å²) in [6, 6.07) is 20.2. The van der Waals surface area contributed by atoms with E-state index in [0.717, 1.165) is 22.3 Å². The number of carbonyl (C=O) groups is 1. The molecular formula is C33H31ClN2O5S. The van der Waals surface area contributed by atoms with Gasteiger partial charge in [0.2, 0.25) is 0 Å². The first-order valence-electron chi connectivity index (χ1n) is 13.7. The second kappa shape index (κ2) is 12.8. The molecule has 7 nitrogen and oxygen atoms in total. The highest BCUT2D eigenvalue weighted by atomic mass is 35.5. The van der Waals surface area contributed by atoms with Crippen molar-refractivity contribution in [3.05, 3.63) is 125 Å². The molecule has 0 fully saturated rings. The van der Waals surface area contributed by atoms with Crippen LogP contribution in [-0.4, -0.2) is 23.8 Å². The minimum Gasteiger partial charge on any atom is -0.490 e. The van der Waals surface area contributed by atoms with Crippen LogP contribution in [0.1, 0.15) is 49.1 Å². The van der Waals surface area contributed by atoms with Crippen LogP contribution >= 0.6 is 22.9 Å². The molecule has 1 aliphatic heterocycles. The van der Waals surface area contributed by atoms with E-state index in [0.29, 0.717) is 50.3 Å². The van der Waals surface area contributed by atoms with Gasteiger partial charge in [0.25, 0.3) is 5.56 Å². The summed E-state index contributed by atoms with van der Waals surface area (Å²) in [6.45, 7) is 8.44. The lowest BCUT2D eigenvalue weighted by molar-refractivity contribution is -0.139. The molecule has 9 heteroatoms. The summed E-state index contributed by atoms with van der Waals surface area (Å²) in [5.74, 6) is 0.678. The summed E-state index contributed by atoms with van der Waals surface area (Å²) in [6.07, 6.45) is 1.81. The largest absolute Gasteiger partial charge is 0.490 e. The van der Waals surface area contributed by atoms with Gasteiger partial charge in [-0.25, -0.2) is 9.79 Å². The predicted molar refractivity (Wildman–Crippen MR) is 165 cm³/mol. The number of aromatic nitrogens is 1. The molecule has 1 atom stereocenters. The smallest absolute Gasteiger partial charge is 0.338 e. The Kier molecular flexibility index (Phi) is 8.94. The summed E-state index contributed by atoms with van der Waals surface area (Å²) in [4.78, 5) is 32.2. The summed E-state index contributed by atoms with van der Waals surface area (Å²) in [7, 11) is 0. The molecule has 216 valence electrons. The first-order chi connectivity index (χ1) is 20.3. The van der Waals surface area contributed by atoms with Crippen molar-refractivity contribution in [1.29, 1.82) is 0 Å². The van der Waals surface area contributed by atoms with Gasteiger partial charge in [-0.15, -0.1) is 0 Å². The molecule has 1 aliphatic rings. The van der Waals surface area contributed by atoms with E-state index in [4.69, 9.17) is 25.8 Å². The number of hydrogen-bond donors (Lipinski definition) is 0. The van der Waals surface area contributed by atoms with Gasteiger partial charge < -0.3 is 14.2 Å². The Morgan fingerprint density at radius 1 is 1.00 bits per heavy atom. The number of rotatable bonds is 9. The number of allylic oxidation sites excluding steroid dienone is 1. The zero-order valence-electron chi connectivity index (χ0n) is 23.8. The lowest BCUT2D eigenvalue weighted by Gasteiger charge is -2.24. The van der Waals surface area contributed by atoms with Crippen molar-refractivity contribution < 1.29 is 19.0 Å². The fourth-order valence-electron chi connectivity index (χ4n) is 4.80. The third kappa shape index (κ3) is 6.20. The number of esters is 1. The van der Waals surface area contributed by atoms with E-state index in [1.165, 1.54) is 11.3 Å². The number of nitrogens with zero attached hydrogens (tertiary/aromatic N) is 2. The molecule has 0 saturated heterocycles. The molecule has 0 aliphatic carbocycles. The van der Waals surface area contributed by atoms with E-state index in [1.807, 2.05) is 86.7 Å². The fraction of sp³-hybridized carbons (Fsp3) is 0.242. The van der Waals surface area contributed by atoms with Gasteiger partial charge in [-0.05, 0) is 74.7 Å². The summed E-state index contributed by atoms with van der Waals surface area (Å²) < 4.78 is 19.4. The van der Waals surface area contributed by atoms with Gasteiger partial charge in [-0.1, -0.05) is 71.0 Å². The lowest BCUT2D eigenvalue weighted by Crippen LogP contribution is -2.39. The van der Waals surface area contributed by atoms with Crippen LogP contribution in [0, 0.1) is 6.92 Å². The molecule has 2 heterocycles. The Hall–Kier alpha value is -4.14. The SMILES string of the molecule is CCOC(=O)C1=C(C)N=c2s/c(=C\c3ccc(OCc4cccc(Cl)c4)c(OCC)c3)c(=O)n2[C@@H]1c1ccc(C)cc1. The normalized spacial score (nSPS) is 14.8. The van der Waals surface area contributed by atoms with Crippen LogP contribution in [0.3, 0.4) is 0 Å². The molecule has 5 rings (SSSR count). The average molecular weight is 603 g/mol. The van der Waals surface area contributed by atoms with Crippen LogP contribution in [0.2, 0.25) is 5.02 Å². The standard InChI is InChI=1S/C33H31ClN2O5S/c1-5-39-27-17-22(12-15-26(27)41-19-23-8-7-9-25(34)16-23)18-28-31(37)36-30(24-13-10-20(3)11-14-24)29(32(38)40-6-2)21(4)35-33(36)42-28/h7-18,30H,5-6,19H2,1-4H3/b28-18-/t30-/m1/s1. The first kappa shape index (κ1) is 29.4. The summed E-state index contributed by atoms with van der Waals surface area (Å²) >= 11 is 7.39. The molecule has 4 aromatic rings. The Balaban J connectivity index is 1.55. The number of benzene rings is 3. The number of thiazole rings is 1. The average Bonchev–Trinajstić information content (AvgIpc) is 3.26. The Bertz CT molecular complexity index is 1840. The van der Waals surface area contributed by atoms with Gasteiger partial charge in [0.15, 0.2) is 16.3 Å². The van der Waals surface area contributed by atoms with Gasteiger partial charge >= 0.3 is 5.97 Å². The molecule has 0 amide bonds. The second-order valence-electron chi connectivity index (χ2n) is 9.77. The molecule has 42 heavy (non-hydrogen) atoms. The quantitative estimate of drug-likeness (QED) is 0.228. The van der Waals surface area contributed by atoms with Gasteiger partial charge in [0.1, 0.15) is 6.61 Å². The van der Waals surface area contributed by atoms with Crippen molar-refractivity contribution in [2.45, 2.75) is 40.3 Å². The Morgan fingerprint density at radius 2 is 1.79 bits per heavy atom. The Labute approximate surface area is 253 Å². The number of hydrogen-bond acceptors (Lipinski definition) is 7. The molecule has 3 aromatic carbocycles. The molecule has 0 N–H and O–H groups in total. The molecule has 0 bridgehead atoms. The van der Waals surface area contributed by atoms with E-state index < -0.39 is 12.0 Å². The van der Waals surface area contributed by atoms with Crippen LogP contribution < -0.4 is 24.4 Å². The van der Waals surface area contributed by atoms with Gasteiger partial charge in [0, 0.05) is 5.02 Å². The van der Waals surface area contributed by atoms with Crippen LogP contribution in [0.5, 0.6) is 11.5 Å². The zero-order chi connectivity index (χ0) is 29.8. The van der Waals surface area contributed by atoms with Crippen molar-refractivity contribution in [3.63, 3.8) is 0 Å². The second-order valence-corrected chi connectivity index (χ2v) is 11.2. The minimum atomic E-state index is -0.649. The molecule has 0 unspecified atom stereocenters. The van der Waals surface area contributed by atoms with E-state index in [2.05, 4.69) is 4.99 Å². The lowest BCUT2D eigenvalue weighted by atomic mass is 9.95. The Morgan fingerprint density at radius 3 is 2.50 bits per heavy atom.